The van der Waals surface area contributed by atoms with E-state index in [0.29, 0.717) is 24.3 Å². The molecule has 1 aliphatic rings. The third kappa shape index (κ3) is 4.79. The highest BCUT2D eigenvalue weighted by atomic mass is 16.5. The van der Waals surface area contributed by atoms with E-state index in [2.05, 4.69) is 5.32 Å². The van der Waals surface area contributed by atoms with Crippen LogP contribution < -0.4 is 5.32 Å². The Balaban J connectivity index is 2.01. The SMILES string of the molecule is CN1C(=O)COCC1C(O)c1ccc(NC(=O)CC(C)(C)C)cc1. The number of carbonyl (C=O) groups is 2. The van der Waals surface area contributed by atoms with Crippen LogP contribution in [0.2, 0.25) is 0 Å². The van der Waals surface area contributed by atoms with Gasteiger partial charge in [-0.1, -0.05) is 32.9 Å². The molecule has 0 spiro atoms. The fourth-order valence-corrected chi connectivity index (χ4v) is 2.64. The topological polar surface area (TPSA) is 78.9 Å². The number of aliphatic hydroxyl groups is 1. The number of nitrogens with zero attached hydrogens (tertiary/aromatic N) is 1. The molecular weight excluding hydrogens is 308 g/mol. The highest BCUT2D eigenvalue weighted by molar-refractivity contribution is 5.91. The number of morpholine rings is 1. The molecule has 1 fully saturated rings. The van der Waals surface area contributed by atoms with Gasteiger partial charge in [0.05, 0.1) is 12.6 Å². The molecule has 0 saturated carbocycles. The standard InChI is InChI=1S/C18H26N2O4/c1-18(2,3)9-15(21)19-13-7-5-12(6-8-13)17(23)14-10-24-11-16(22)20(14)4/h5-8,14,17,23H,9-11H2,1-4H3,(H,19,21). The molecule has 2 rings (SSSR count). The minimum atomic E-state index is -0.835. The Morgan fingerprint density at radius 3 is 2.58 bits per heavy atom. The molecule has 0 bridgehead atoms. The van der Waals surface area contributed by atoms with Crippen LogP contribution in [0.3, 0.4) is 0 Å². The summed E-state index contributed by atoms with van der Waals surface area (Å²) in [7, 11) is 1.67. The molecule has 2 atom stereocenters. The van der Waals surface area contributed by atoms with Crippen molar-refractivity contribution in [2.24, 2.45) is 5.41 Å². The van der Waals surface area contributed by atoms with E-state index in [-0.39, 0.29) is 23.8 Å². The quantitative estimate of drug-likeness (QED) is 0.882. The van der Waals surface area contributed by atoms with Crippen LogP contribution in [-0.2, 0) is 14.3 Å². The van der Waals surface area contributed by atoms with Crippen LogP contribution in [0.5, 0.6) is 0 Å². The minimum Gasteiger partial charge on any atom is -0.386 e. The predicted octanol–water partition coefficient (Wildman–Crippen LogP) is 1.95. The number of amides is 2. The second-order valence-corrected chi connectivity index (χ2v) is 7.44. The molecule has 1 aliphatic heterocycles. The van der Waals surface area contributed by atoms with Gasteiger partial charge < -0.3 is 20.1 Å². The first kappa shape index (κ1) is 18.4. The van der Waals surface area contributed by atoms with Crippen molar-refractivity contribution in [3.63, 3.8) is 0 Å². The summed E-state index contributed by atoms with van der Waals surface area (Å²) in [6.45, 7) is 6.38. The van der Waals surface area contributed by atoms with Crippen LogP contribution >= 0.6 is 0 Å². The van der Waals surface area contributed by atoms with E-state index in [9.17, 15) is 14.7 Å². The molecule has 24 heavy (non-hydrogen) atoms. The predicted molar refractivity (Wildman–Crippen MR) is 91.5 cm³/mol. The number of nitrogens with one attached hydrogen (secondary N) is 1. The molecule has 2 N–H and O–H groups in total. The average Bonchev–Trinajstić information content (AvgIpc) is 2.48. The Hall–Kier alpha value is -1.92. The lowest BCUT2D eigenvalue weighted by Crippen LogP contribution is -2.49. The highest BCUT2D eigenvalue weighted by Gasteiger charge is 2.32. The average molecular weight is 334 g/mol. The molecule has 0 aromatic heterocycles. The lowest BCUT2D eigenvalue weighted by Gasteiger charge is -2.35. The van der Waals surface area contributed by atoms with Crippen molar-refractivity contribution in [1.82, 2.24) is 4.90 Å². The van der Waals surface area contributed by atoms with Gasteiger partial charge in [0.25, 0.3) is 0 Å². The Bertz CT molecular complexity index is 592. The van der Waals surface area contributed by atoms with Crippen LogP contribution in [-0.4, -0.2) is 48.1 Å². The number of hydrogen-bond donors (Lipinski definition) is 2. The fraction of sp³-hybridized carbons (Fsp3) is 0.556. The second kappa shape index (κ2) is 7.32. The van der Waals surface area contributed by atoms with Gasteiger partial charge in [-0.2, -0.15) is 0 Å². The summed E-state index contributed by atoms with van der Waals surface area (Å²) in [6, 6.07) is 6.61. The summed E-state index contributed by atoms with van der Waals surface area (Å²) in [5, 5.41) is 13.3. The van der Waals surface area contributed by atoms with Gasteiger partial charge in [0.15, 0.2) is 0 Å². The van der Waals surface area contributed by atoms with E-state index in [1.165, 1.54) is 4.90 Å². The first-order valence-corrected chi connectivity index (χ1v) is 8.09. The molecule has 0 aliphatic carbocycles. The summed E-state index contributed by atoms with van der Waals surface area (Å²) < 4.78 is 5.22. The van der Waals surface area contributed by atoms with Crippen molar-refractivity contribution in [2.75, 3.05) is 25.6 Å². The van der Waals surface area contributed by atoms with Crippen LogP contribution in [0.4, 0.5) is 5.69 Å². The third-order valence-electron chi connectivity index (χ3n) is 4.00. The van der Waals surface area contributed by atoms with Crippen molar-refractivity contribution >= 4 is 17.5 Å². The first-order valence-electron chi connectivity index (χ1n) is 8.09. The van der Waals surface area contributed by atoms with Gasteiger partial charge in [-0.15, -0.1) is 0 Å². The fourth-order valence-electron chi connectivity index (χ4n) is 2.64. The van der Waals surface area contributed by atoms with E-state index < -0.39 is 12.1 Å². The highest BCUT2D eigenvalue weighted by Crippen LogP contribution is 2.25. The molecule has 1 saturated heterocycles. The number of aliphatic hydroxyl groups excluding tert-OH is 1. The summed E-state index contributed by atoms with van der Waals surface area (Å²) in [5.74, 6) is -0.182. The van der Waals surface area contributed by atoms with Gasteiger partial charge in [-0.3, -0.25) is 9.59 Å². The molecular formula is C18H26N2O4. The first-order chi connectivity index (χ1) is 11.2. The third-order valence-corrected chi connectivity index (χ3v) is 4.00. The largest absolute Gasteiger partial charge is 0.386 e. The summed E-state index contributed by atoms with van der Waals surface area (Å²) in [5.41, 5.74) is 1.29. The van der Waals surface area contributed by atoms with E-state index in [1.54, 1.807) is 31.3 Å². The van der Waals surface area contributed by atoms with Crippen LogP contribution in [0.25, 0.3) is 0 Å². The molecule has 2 unspecified atom stereocenters. The van der Waals surface area contributed by atoms with Gasteiger partial charge in [-0.05, 0) is 23.1 Å². The molecule has 132 valence electrons. The maximum absolute atomic E-state index is 12.0. The van der Waals surface area contributed by atoms with Gasteiger partial charge in [0, 0.05) is 19.2 Å². The Labute approximate surface area is 142 Å². The van der Waals surface area contributed by atoms with E-state index in [1.807, 2.05) is 20.8 Å². The van der Waals surface area contributed by atoms with Crippen molar-refractivity contribution in [2.45, 2.75) is 39.3 Å². The molecule has 1 aromatic rings. The van der Waals surface area contributed by atoms with Crippen molar-refractivity contribution in [3.05, 3.63) is 29.8 Å². The minimum absolute atomic E-state index is 0.0400. The second-order valence-electron chi connectivity index (χ2n) is 7.44. The molecule has 6 heteroatoms. The number of carbonyl (C=O) groups excluding carboxylic acids is 2. The van der Waals surface area contributed by atoms with E-state index >= 15 is 0 Å². The number of rotatable bonds is 4. The molecule has 0 radical (unpaired) electrons. The lowest BCUT2D eigenvalue weighted by molar-refractivity contribution is -0.151. The number of benzene rings is 1. The number of ether oxygens (including phenoxy) is 1. The number of hydrogen-bond acceptors (Lipinski definition) is 4. The van der Waals surface area contributed by atoms with E-state index in [4.69, 9.17) is 4.74 Å². The van der Waals surface area contributed by atoms with Crippen LogP contribution in [0.1, 0.15) is 38.9 Å². The number of anilines is 1. The van der Waals surface area contributed by atoms with Crippen molar-refractivity contribution < 1.29 is 19.4 Å². The van der Waals surface area contributed by atoms with Crippen molar-refractivity contribution in [3.8, 4) is 0 Å². The summed E-state index contributed by atoms with van der Waals surface area (Å²) in [6.07, 6.45) is -0.400. The maximum atomic E-state index is 12.0. The zero-order chi connectivity index (χ0) is 17.9. The zero-order valence-corrected chi connectivity index (χ0v) is 14.7. The monoisotopic (exact) mass is 334 g/mol. The van der Waals surface area contributed by atoms with Gasteiger partial charge in [0.1, 0.15) is 12.7 Å². The number of likely N-dealkylation sites (N-methyl/N-ethyl adjacent to an activating group) is 1. The Morgan fingerprint density at radius 2 is 2.00 bits per heavy atom. The van der Waals surface area contributed by atoms with Gasteiger partial charge >= 0.3 is 0 Å². The van der Waals surface area contributed by atoms with Crippen LogP contribution in [0.15, 0.2) is 24.3 Å². The normalized spacial score (nSPS) is 20.0. The summed E-state index contributed by atoms with van der Waals surface area (Å²) in [4.78, 5) is 25.1. The van der Waals surface area contributed by atoms with Gasteiger partial charge in [0.2, 0.25) is 11.8 Å². The van der Waals surface area contributed by atoms with Crippen LogP contribution in [0, 0.1) is 5.41 Å². The molecule has 2 amide bonds. The van der Waals surface area contributed by atoms with Gasteiger partial charge in [-0.25, -0.2) is 0 Å². The maximum Gasteiger partial charge on any atom is 0.248 e. The lowest BCUT2D eigenvalue weighted by atomic mass is 9.92. The van der Waals surface area contributed by atoms with Crippen molar-refractivity contribution in [1.29, 1.82) is 0 Å². The Morgan fingerprint density at radius 1 is 1.38 bits per heavy atom. The molecule has 6 nitrogen and oxygen atoms in total. The smallest absolute Gasteiger partial charge is 0.248 e. The van der Waals surface area contributed by atoms with E-state index in [0.717, 1.165) is 0 Å². The Kier molecular flexibility index (Phi) is 5.62. The molecule has 1 aromatic carbocycles. The summed E-state index contributed by atoms with van der Waals surface area (Å²) >= 11 is 0. The molecule has 1 heterocycles. The zero-order valence-electron chi connectivity index (χ0n) is 14.7.